The average molecular weight is 319 g/mol. The lowest BCUT2D eigenvalue weighted by Crippen LogP contribution is -2.58. The Morgan fingerprint density at radius 2 is 1.70 bits per heavy atom. The Morgan fingerprint density at radius 3 is 2.26 bits per heavy atom. The van der Waals surface area contributed by atoms with E-state index in [9.17, 15) is 4.79 Å². The van der Waals surface area contributed by atoms with Gasteiger partial charge >= 0.3 is 6.09 Å². The highest BCUT2D eigenvalue weighted by atomic mass is 16.7. The van der Waals surface area contributed by atoms with Crippen LogP contribution in [0.4, 0.5) is 4.79 Å². The van der Waals surface area contributed by atoms with Gasteiger partial charge in [0.05, 0.1) is 0 Å². The summed E-state index contributed by atoms with van der Waals surface area (Å²) in [6.45, 7) is 1.83. The number of hydrogen-bond donors (Lipinski definition) is 0. The maximum absolute atomic E-state index is 12.2. The van der Waals surface area contributed by atoms with Crippen LogP contribution >= 0.6 is 0 Å². The van der Waals surface area contributed by atoms with Crippen molar-refractivity contribution in [3.05, 3.63) is 35.9 Å². The first-order valence-electron chi connectivity index (χ1n) is 8.16. The molecule has 0 aromatic heterocycles. The molecule has 0 atom stereocenters. The minimum absolute atomic E-state index is 0.215. The lowest BCUT2D eigenvalue weighted by Gasteiger charge is -2.56. The summed E-state index contributed by atoms with van der Waals surface area (Å²) in [7, 11) is 3.40. The van der Waals surface area contributed by atoms with Crippen LogP contribution in [0.25, 0.3) is 0 Å². The van der Waals surface area contributed by atoms with E-state index in [1.54, 1.807) is 14.2 Å². The maximum atomic E-state index is 12.2. The van der Waals surface area contributed by atoms with E-state index in [1.807, 2.05) is 35.2 Å². The summed E-state index contributed by atoms with van der Waals surface area (Å²) in [5.74, 6) is -0.407. The molecular weight excluding hydrogens is 294 g/mol. The largest absolute Gasteiger partial charge is 0.445 e. The van der Waals surface area contributed by atoms with Crippen LogP contribution < -0.4 is 0 Å². The molecule has 1 aliphatic heterocycles. The van der Waals surface area contributed by atoms with Crippen LogP contribution in [0.5, 0.6) is 0 Å². The number of ether oxygens (including phenoxy) is 3. The molecule has 1 heterocycles. The molecule has 0 unspecified atom stereocenters. The number of nitrogens with zero attached hydrogens (tertiary/aromatic N) is 1. The molecule has 1 aromatic carbocycles. The predicted octanol–water partition coefficient (Wildman–Crippen LogP) is 3.19. The Labute approximate surface area is 137 Å². The van der Waals surface area contributed by atoms with Crippen molar-refractivity contribution in [1.29, 1.82) is 0 Å². The van der Waals surface area contributed by atoms with Gasteiger partial charge in [0.25, 0.3) is 0 Å². The number of likely N-dealkylation sites (tertiary alicyclic amines) is 1. The van der Waals surface area contributed by atoms with Crippen LogP contribution in [0.2, 0.25) is 0 Å². The third-order valence-electron chi connectivity index (χ3n) is 5.32. The predicted molar refractivity (Wildman–Crippen MR) is 85.9 cm³/mol. The van der Waals surface area contributed by atoms with Crippen molar-refractivity contribution in [1.82, 2.24) is 4.90 Å². The molecular formula is C18H25NO4. The van der Waals surface area contributed by atoms with Gasteiger partial charge < -0.3 is 19.1 Å². The van der Waals surface area contributed by atoms with E-state index < -0.39 is 5.79 Å². The first-order chi connectivity index (χ1) is 11.1. The van der Waals surface area contributed by atoms with Crippen LogP contribution in [-0.2, 0) is 20.8 Å². The zero-order valence-electron chi connectivity index (χ0n) is 13.9. The summed E-state index contributed by atoms with van der Waals surface area (Å²) < 4.78 is 16.4. The monoisotopic (exact) mass is 319 g/mol. The maximum Gasteiger partial charge on any atom is 0.410 e. The van der Waals surface area contributed by atoms with Gasteiger partial charge in [0, 0.05) is 40.2 Å². The summed E-state index contributed by atoms with van der Waals surface area (Å²) in [6, 6.07) is 9.77. The van der Waals surface area contributed by atoms with Gasteiger partial charge in [0.2, 0.25) is 0 Å². The number of methoxy groups -OCH3 is 2. The number of amides is 1. The lowest BCUT2D eigenvalue weighted by atomic mass is 9.59. The van der Waals surface area contributed by atoms with Gasteiger partial charge in [-0.3, -0.25) is 0 Å². The minimum atomic E-state index is -0.407. The summed E-state index contributed by atoms with van der Waals surface area (Å²) in [5.41, 5.74) is 1.28. The van der Waals surface area contributed by atoms with Crippen LogP contribution in [-0.4, -0.2) is 44.1 Å². The first kappa shape index (κ1) is 16.3. The summed E-state index contributed by atoms with van der Waals surface area (Å²) in [6.07, 6.45) is 3.59. The highest BCUT2D eigenvalue weighted by Crippen LogP contribution is 2.56. The number of hydrogen-bond acceptors (Lipinski definition) is 4. The number of carbonyl (C=O) groups excluding carboxylic acids is 1. The second kappa shape index (κ2) is 6.49. The van der Waals surface area contributed by atoms with Crippen molar-refractivity contribution in [3.63, 3.8) is 0 Å². The van der Waals surface area contributed by atoms with Crippen LogP contribution in [0.15, 0.2) is 30.3 Å². The molecule has 2 fully saturated rings. The lowest BCUT2D eigenvalue weighted by molar-refractivity contribution is -0.302. The van der Waals surface area contributed by atoms with Gasteiger partial charge in [-0.25, -0.2) is 4.79 Å². The molecule has 1 amide bonds. The van der Waals surface area contributed by atoms with E-state index in [0.29, 0.717) is 6.61 Å². The molecule has 5 nitrogen and oxygen atoms in total. The fraction of sp³-hybridized carbons (Fsp3) is 0.611. The molecule has 1 spiro atoms. The minimum Gasteiger partial charge on any atom is -0.445 e. The summed E-state index contributed by atoms with van der Waals surface area (Å²) >= 11 is 0. The molecule has 3 rings (SSSR count). The smallest absolute Gasteiger partial charge is 0.410 e. The molecule has 2 aliphatic rings. The zero-order valence-corrected chi connectivity index (χ0v) is 13.9. The molecule has 1 saturated carbocycles. The zero-order chi connectivity index (χ0) is 16.3. The van der Waals surface area contributed by atoms with E-state index in [1.165, 1.54) is 0 Å². The number of carbonyl (C=O) groups is 1. The molecule has 1 saturated heterocycles. The van der Waals surface area contributed by atoms with E-state index in [-0.39, 0.29) is 11.5 Å². The molecule has 1 aliphatic carbocycles. The number of benzene rings is 1. The summed E-state index contributed by atoms with van der Waals surface area (Å²) in [4.78, 5) is 14.0. The van der Waals surface area contributed by atoms with E-state index in [0.717, 1.165) is 44.3 Å². The Balaban J connectivity index is 1.45. The third-order valence-corrected chi connectivity index (χ3v) is 5.32. The van der Waals surface area contributed by atoms with Crippen molar-refractivity contribution in [2.75, 3.05) is 27.3 Å². The van der Waals surface area contributed by atoms with E-state index >= 15 is 0 Å². The van der Waals surface area contributed by atoms with Gasteiger partial charge in [0.15, 0.2) is 5.79 Å². The van der Waals surface area contributed by atoms with Crippen molar-refractivity contribution in [3.8, 4) is 0 Å². The van der Waals surface area contributed by atoms with Crippen LogP contribution in [0.3, 0.4) is 0 Å². The highest BCUT2D eigenvalue weighted by Gasteiger charge is 2.56. The van der Waals surface area contributed by atoms with E-state index in [2.05, 4.69) is 0 Å². The topological polar surface area (TPSA) is 48.0 Å². The fourth-order valence-corrected chi connectivity index (χ4v) is 3.79. The Bertz CT molecular complexity index is 523. The molecule has 0 N–H and O–H groups in total. The number of rotatable bonds is 4. The Morgan fingerprint density at radius 1 is 1.09 bits per heavy atom. The van der Waals surface area contributed by atoms with Gasteiger partial charge in [-0.05, 0) is 23.8 Å². The molecule has 126 valence electrons. The van der Waals surface area contributed by atoms with E-state index in [4.69, 9.17) is 14.2 Å². The highest BCUT2D eigenvalue weighted by molar-refractivity contribution is 5.67. The van der Waals surface area contributed by atoms with Crippen molar-refractivity contribution in [2.24, 2.45) is 5.41 Å². The van der Waals surface area contributed by atoms with Crippen molar-refractivity contribution >= 4 is 6.09 Å². The van der Waals surface area contributed by atoms with Crippen LogP contribution in [0.1, 0.15) is 31.2 Å². The Hall–Kier alpha value is -1.59. The average Bonchev–Trinajstić information content (AvgIpc) is 2.58. The van der Waals surface area contributed by atoms with Gasteiger partial charge in [-0.15, -0.1) is 0 Å². The van der Waals surface area contributed by atoms with Gasteiger partial charge in [0.1, 0.15) is 6.61 Å². The SMILES string of the molecule is COC1(OC)CC2(CCN(C(=O)OCc3ccccc3)CC2)C1. The first-order valence-corrected chi connectivity index (χ1v) is 8.16. The normalized spacial score (nSPS) is 21.7. The fourth-order valence-electron chi connectivity index (χ4n) is 3.79. The Kier molecular flexibility index (Phi) is 4.60. The van der Waals surface area contributed by atoms with Crippen molar-refractivity contribution < 1.29 is 19.0 Å². The standard InChI is InChI=1S/C18H25NO4/c1-21-18(22-2)13-17(14-18)8-10-19(11-9-17)16(20)23-12-15-6-4-3-5-7-15/h3-7H,8-14H2,1-2H3. The van der Waals surface area contributed by atoms with Crippen LogP contribution in [0, 0.1) is 5.41 Å². The third kappa shape index (κ3) is 3.35. The molecule has 1 aromatic rings. The summed E-state index contributed by atoms with van der Waals surface area (Å²) in [5, 5.41) is 0. The van der Waals surface area contributed by atoms with Gasteiger partial charge in [-0.2, -0.15) is 0 Å². The molecule has 0 bridgehead atoms. The second-order valence-corrected chi connectivity index (χ2v) is 6.70. The van der Waals surface area contributed by atoms with Crippen molar-refractivity contribution in [2.45, 2.75) is 38.1 Å². The molecule has 23 heavy (non-hydrogen) atoms. The quantitative estimate of drug-likeness (QED) is 0.800. The number of piperidine rings is 1. The molecule has 0 radical (unpaired) electrons. The van der Waals surface area contributed by atoms with Gasteiger partial charge in [-0.1, -0.05) is 30.3 Å². The molecule has 5 heteroatoms. The second-order valence-electron chi connectivity index (χ2n) is 6.70.